The molecule has 1 aromatic rings. The Kier molecular flexibility index (Phi) is 6.88. The lowest BCUT2D eigenvalue weighted by Gasteiger charge is -2.24. The van der Waals surface area contributed by atoms with Gasteiger partial charge in [0.05, 0.1) is 5.56 Å². The number of aromatic hydroxyl groups is 1. The van der Waals surface area contributed by atoms with Gasteiger partial charge in [0, 0.05) is 39.3 Å². The van der Waals surface area contributed by atoms with E-state index in [1.165, 1.54) is 11.8 Å². The summed E-state index contributed by atoms with van der Waals surface area (Å²) in [5.74, 6) is -0.441. The Morgan fingerprint density at radius 3 is 2.07 bits per heavy atom. The molecule has 0 aromatic heterocycles. The van der Waals surface area contributed by atoms with E-state index in [-0.39, 0.29) is 34.8 Å². The van der Waals surface area contributed by atoms with Crippen LogP contribution in [0.4, 0.5) is 0 Å². The van der Waals surface area contributed by atoms with Crippen LogP contribution < -0.4 is 0 Å². The molecule has 156 valence electrons. The summed E-state index contributed by atoms with van der Waals surface area (Å²) < 4.78 is 11.4. The van der Waals surface area contributed by atoms with Crippen molar-refractivity contribution in [1.82, 2.24) is 4.90 Å². The minimum absolute atomic E-state index is 0.00831. The van der Waals surface area contributed by atoms with Crippen molar-refractivity contribution in [1.29, 1.82) is 0 Å². The van der Waals surface area contributed by atoms with Gasteiger partial charge in [-0.3, -0.25) is 9.59 Å². The molecule has 0 radical (unpaired) electrons. The van der Waals surface area contributed by atoms with Crippen LogP contribution in [0.3, 0.4) is 0 Å². The molecule has 6 heteroatoms. The summed E-state index contributed by atoms with van der Waals surface area (Å²) in [5, 5.41) is 11.1. The second-order valence-corrected chi connectivity index (χ2v) is 8.35. The molecule has 0 heterocycles. The molecule has 0 saturated heterocycles. The summed E-state index contributed by atoms with van der Waals surface area (Å²) >= 11 is 0. The quantitative estimate of drug-likeness (QED) is 0.543. The standard InChI is InChI=1S/C22H33NO5/c1-8-27-17(28-9-2)10-14-18(13(3)24)15-11-22(4,5)12-16(15)20(25)19(14)21(26)23(6)7/h17,25H,8-12H2,1-7H3. The number of carbonyl (C=O) groups excluding carboxylic acids is 2. The van der Waals surface area contributed by atoms with E-state index in [9.17, 15) is 14.7 Å². The first-order chi connectivity index (χ1) is 13.0. The predicted molar refractivity (Wildman–Crippen MR) is 108 cm³/mol. The fourth-order valence-electron chi connectivity index (χ4n) is 4.09. The summed E-state index contributed by atoms with van der Waals surface area (Å²) in [6, 6.07) is 0. The molecule has 1 aliphatic carbocycles. The molecule has 0 saturated carbocycles. The maximum absolute atomic E-state index is 13.0. The second-order valence-electron chi connectivity index (χ2n) is 8.35. The normalized spacial score (nSPS) is 15.0. The van der Waals surface area contributed by atoms with Gasteiger partial charge in [-0.1, -0.05) is 13.8 Å². The molecule has 1 aromatic carbocycles. The van der Waals surface area contributed by atoms with Crippen LogP contribution in [0.5, 0.6) is 5.75 Å². The summed E-state index contributed by atoms with van der Waals surface area (Å²) in [5.41, 5.74) is 2.73. The third-order valence-electron chi connectivity index (χ3n) is 5.15. The second kappa shape index (κ2) is 8.62. The van der Waals surface area contributed by atoms with Crippen LogP contribution in [0, 0.1) is 5.41 Å². The minimum atomic E-state index is -0.589. The van der Waals surface area contributed by atoms with Crippen LogP contribution in [0.1, 0.15) is 72.0 Å². The highest BCUT2D eigenvalue weighted by Gasteiger charge is 2.38. The number of Topliss-reactive ketones (excluding diaryl/α,β-unsaturated/α-hetero) is 1. The molecule has 0 fully saturated rings. The van der Waals surface area contributed by atoms with Crippen molar-refractivity contribution in [2.45, 2.75) is 60.2 Å². The highest BCUT2D eigenvalue weighted by atomic mass is 16.7. The maximum Gasteiger partial charge on any atom is 0.257 e. The molecule has 0 bridgehead atoms. The molecule has 6 nitrogen and oxygen atoms in total. The van der Waals surface area contributed by atoms with E-state index in [1.807, 2.05) is 13.8 Å². The number of nitrogens with zero attached hydrogens (tertiary/aromatic N) is 1. The van der Waals surface area contributed by atoms with Crippen molar-refractivity contribution in [3.8, 4) is 5.75 Å². The molecule has 28 heavy (non-hydrogen) atoms. The molecule has 0 spiro atoms. The first-order valence-corrected chi connectivity index (χ1v) is 9.89. The lowest BCUT2D eigenvalue weighted by molar-refractivity contribution is -0.134. The van der Waals surface area contributed by atoms with Gasteiger partial charge in [-0.2, -0.15) is 0 Å². The lowest BCUT2D eigenvalue weighted by atomic mass is 9.86. The number of ether oxygens (including phenoxy) is 2. The largest absolute Gasteiger partial charge is 0.507 e. The summed E-state index contributed by atoms with van der Waals surface area (Å²) in [6.45, 7) is 10.3. The molecule has 1 aliphatic rings. The number of hydrogen-bond donors (Lipinski definition) is 1. The van der Waals surface area contributed by atoms with Crippen molar-refractivity contribution in [3.63, 3.8) is 0 Å². The van der Waals surface area contributed by atoms with Crippen molar-refractivity contribution in [3.05, 3.63) is 27.8 Å². The van der Waals surface area contributed by atoms with Gasteiger partial charge in [0.1, 0.15) is 5.75 Å². The van der Waals surface area contributed by atoms with E-state index in [0.29, 0.717) is 42.7 Å². The number of phenols is 1. The van der Waals surface area contributed by atoms with Gasteiger partial charge in [-0.25, -0.2) is 0 Å². The fraction of sp³-hybridized carbons (Fsp3) is 0.636. The van der Waals surface area contributed by atoms with E-state index in [1.54, 1.807) is 14.1 Å². The topological polar surface area (TPSA) is 76.1 Å². The lowest BCUT2D eigenvalue weighted by Crippen LogP contribution is -2.28. The van der Waals surface area contributed by atoms with E-state index in [0.717, 1.165) is 5.56 Å². The van der Waals surface area contributed by atoms with Crippen LogP contribution in [-0.4, -0.2) is 55.3 Å². The fourth-order valence-corrected chi connectivity index (χ4v) is 4.09. The van der Waals surface area contributed by atoms with E-state index >= 15 is 0 Å². The molecule has 1 N–H and O–H groups in total. The average Bonchev–Trinajstić information content (AvgIpc) is 2.90. The van der Waals surface area contributed by atoms with Gasteiger partial charge in [-0.05, 0) is 55.7 Å². The highest BCUT2D eigenvalue weighted by Crippen LogP contribution is 2.46. The number of amides is 1. The Balaban J connectivity index is 2.77. The molecule has 2 rings (SSSR count). The summed E-state index contributed by atoms with van der Waals surface area (Å²) in [7, 11) is 3.28. The maximum atomic E-state index is 13.0. The highest BCUT2D eigenvalue weighted by molar-refractivity contribution is 6.05. The number of carbonyl (C=O) groups is 2. The van der Waals surface area contributed by atoms with Gasteiger partial charge < -0.3 is 19.5 Å². The van der Waals surface area contributed by atoms with Crippen molar-refractivity contribution < 1.29 is 24.2 Å². The molecule has 0 aliphatic heterocycles. The van der Waals surface area contributed by atoms with Crippen molar-refractivity contribution in [2.75, 3.05) is 27.3 Å². The number of benzene rings is 1. The van der Waals surface area contributed by atoms with Gasteiger partial charge in [-0.15, -0.1) is 0 Å². The smallest absolute Gasteiger partial charge is 0.257 e. The Hall–Kier alpha value is -1.92. The third-order valence-corrected chi connectivity index (χ3v) is 5.15. The van der Waals surface area contributed by atoms with Crippen LogP contribution in [0.2, 0.25) is 0 Å². The van der Waals surface area contributed by atoms with Gasteiger partial charge in [0.25, 0.3) is 5.91 Å². The third kappa shape index (κ3) is 4.39. The number of rotatable bonds is 8. The van der Waals surface area contributed by atoms with Crippen LogP contribution in [-0.2, 0) is 28.7 Å². The zero-order valence-electron chi connectivity index (χ0n) is 18.1. The number of fused-ring (bicyclic) bond motifs is 1. The molecule has 1 amide bonds. The van der Waals surface area contributed by atoms with Crippen molar-refractivity contribution >= 4 is 11.7 Å². The average molecular weight is 392 g/mol. The number of hydrogen-bond acceptors (Lipinski definition) is 5. The SMILES string of the molecule is CCOC(Cc1c(C(=O)N(C)C)c(O)c2c(c1C(C)=O)CC(C)(C)C2)OCC. The predicted octanol–water partition coefficient (Wildman–Crippen LogP) is 3.36. The van der Waals surface area contributed by atoms with Crippen molar-refractivity contribution in [2.24, 2.45) is 5.41 Å². The van der Waals surface area contributed by atoms with E-state index < -0.39 is 6.29 Å². The Morgan fingerprint density at radius 1 is 1.07 bits per heavy atom. The minimum Gasteiger partial charge on any atom is -0.507 e. The Morgan fingerprint density at radius 2 is 1.61 bits per heavy atom. The molecular weight excluding hydrogens is 358 g/mol. The van der Waals surface area contributed by atoms with Crippen LogP contribution in [0.15, 0.2) is 0 Å². The van der Waals surface area contributed by atoms with E-state index in [4.69, 9.17) is 9.47 Å². The summed E-state index contributed by atoms with van der Waals surface area (Å²) in [4.78, 5) is 27.1. The number of phenolic OH excluding ortho intramolecular Hbond substituents is 1. The van der Waals surface area contributed by atoms with E-state index in [2.05, 4.69) is 13.8 Å². The zero-order valence-corrected chi connectivity index (χ0v) is 18.1. The monoisotopic (exact) mass is 391 g/mol. The Labute approximate surface area is 167 Å². The van der Waals surface area contributed by atoms with Crippen LogP contribution in [0.25, 0.3) is 0 Å². The Bertz CT molecular complexity index is 761. The van der Waals surface area contributed by atoms with Gasteiger partial charge in [0.2, 0.25) is 0 Å². The summed E-state index contributed by atoms with van der Waals surface area (Å²) in [6.07, 6.45) is 0.950. The van der Waals surface area contributed by atoms with Crippen LogP contribution >= 0.6 is 0 Å². The molecule has 0 atom stereocenters. The zero-order chi connectivity index (χ0) is 21.2. The first-order valence-electron chi connectivity index (χ1n) is 9.89. The van der Waals surface area contributed by atoms with Gasteiger partial charge in [0.15, 0.2) is 12.1 Å². The molecule has 0 unspecified atom stereocenters. The first kappa shape index (κ1) is 22.4. The number of ketones is 1. The van der Waals surface area contributed by atoms with Gasteiger partial charge >= 0.3 is 0 Å². The molecular formula is C22H33NO5.